The van der Waals surface area contributed by atoms with Gasteiger partial charge in [-0.25, -0.2) is 0 Å². The molecule has 4 nitrogen and oxygen atoms in total. The third-order valence-corrected chi connectivity index (χ3v) is 2.50. The summed E-state index contributed by atoms with van der Waals surface area (Å²) >= 11 is 11.7. The van der Waals surface area contributed by atoms with E-state index in [1.54, 1.807) is 25.1 Å². The molecule has 0 radical (unpaired) electrons. The van der Waals surface area contributed by atoms with Crippen LogP contribution in [-0.2, 0) is 0 Å². The van der Waals surface area contributed by atoms with Gasteiger partial charge in [0, 0.05) is 5.56 Å². The molecule has 0 aliphatic heterocycles. The topological polar surface area (TPSA) is 51.6 Å². The highest BCUT2D eigenvalue weighted by molar-refractivity contribution is 6.42. The summed E-state index contributed by atoms with van der Waals surface area (Å²) < 4.78 is 0. The second-order valence-electron chi connectivity index (χ2n) is 2.90. The Balaban J connectivity index is 2.45. The van der Waals surface area contributed by atoms with Gasteiger partial charge in [0.2, 0.25) is 5.82 Å². The summed E-state index contributed by atoms with van der Waals surface area (Å²) in [4.78, 5) is 0. The normalized spacial score (nSPS) is 10.3. The molecule has 0 spiro atoms. The molecule has 0 unspecified atom stereocenters. The molecule has 0 amide bonds. The van der Waals surface area contributed by atoms with Crippen LogP contribution in [0.5, 0.6) is 0 Å². The van der Waals surface area contributed by atoms with Crippen LogP contribution in [0.3, 0.4) is 0 Å². The quantitative estimate of drug-likeness (QED) is 0.769. The lowest BCUT2D eigenvalue weighted by Gasteiger charge is -2.00. The van der Waals surface area contributed by atoms with Gasteiger partial charge in [-0.2, -0.15) is 0 Å². The molecular formula is C9H6Cl2N4. The van der Waals surface area contributed by atoms with Crippen LogP contribution in [0.15, 0.2) is 18.2 Å². The van der Waals surface area contributed by atoms with Gasteiger partial charge in [0.25, 0.3) is 0 Å². The highest BCUT2D eigenvalue weighted by Gasteiger charge is 2.05. The largest absolute Gasteiger partial charge is 0.203 e. The molecule has 15 heavy (non-hydrogen) atoms. The molecular weight excluding hydrogens is 235 g/mol. The maximum atomic E-state index is 5.87. The van der Waals surface area contributed by atoms with Crippen molar-refractivity contribution in [2.75, 3.05) is 0 Å². The van der Waals surface area contributed by atoms with E-state index < -0.39 is 0 Å². The van der Waals surface area contributed by atoms with Crippen molar-refractivity contribution in [3.05, 3.63) is 34.1 Å². The van der Waals surface area contributed by atoms with Crippen molar-refractivity contribution in [1.29, 1.82) is 0 Å². The lowest BCUT2D eigenvalue weighted by atomic mass is 10.2. The molecule has 0 N–H and O–H groups in total. The summed E-state index contributed by atoms with van der Waals surface area (Å²) in [6, 6.07) is 5.13. The van der Waals surface area contributed by atoms with Crippen LogP contribution in [0.25, 0.3) is 11.4 Å². The third-order valence-electron chi connectivity index (χ3n) is 1.76. The lowest BCUT2D eigenvalue weighted by Crippen LogP contribution is -1.98. The molecule has 0 bridgehead atoms. The minimum Gasteiger partial charge on any atom is -0.131 e. The summed E-state index contributed by atoms with van der Waals surface area (Å²) in [5, 5.41) is 16.4. The predicted octanol–water partition coefficient (Wildman–Crippen LogP) is 2.55. The fourth-order valence-electron chi connectivity index (χ4n) is 1.03. The minimum absolute atomic E-state index is 0.430. The molecule has 0 fully saturated rings. The zero-order valence-electron chi connectivity index (χ0n) is 7.78. The Hall–Kier alpha value is -1.26. The second kappa shape index (κ2) is 4.08. The number of nitrogens with zero attached hydrogens (tertiary/aromatic N) is 4. The van der Waals surface area contributed by atoms with Crippen molar-refractivity contribution >= 4 is 23.2 Å². The Morgan fingerprint density at radius 2 is 1.60 bits per heavy atom. The first kappa shape index (κ1) is 10.3. The van der Waals surface area contributed by atoms with E-state index in [2.05, 4.69) is 20.4 Å². The van der Waals surface area contributed by atoms with E-state index in [0.29, 0.717) is 21.7 Å². The smallest absolute Gasteiger partial charge is 0.131 e. The van der Waals surface area contributed by atoms with Gasteiger partial charge in [0.1, 0.15) is 0 Å². The monoisotopic (exact) mass is 240 g/mol. The number of aromatic nitrogens is 4. The number of rotatable bonds is 1. The second-order valence-corrected chi connectivity index (χ2v) is 3.71. The molecule has 0 atom stereocenters. The van der Waals surface area contributed by atoms with Gasteiger partial charge in [-0.1, -0.05) is 23.2 Å². The molecule has 0 aliphatic carbocycles. The zero-order chi connectivity index (χ0) is 10.8. The van der Waals surface area contributed by atoms with Crippen molar-refractivity contribution in [3.63, 3.8) is 0 Å². The fourth-order valence-corrected chi connectivity index (χ4v) is 1.33. The molecule has 2 aromatic rings. The van der Waals surface area contributed by atoms with Gasteiger partial charge in [0.05, 0.1) is 10.0 Å². The van der Waals surface area contributed by atoms with Gasteiger partial charge >= 0.3 is 0 Å². The maximum Gasteiger partial charge on any atom is 0.203 e. The Bertz CT molecular complexity index is 484. The standard InChI is InChI=1S/C9H6Cl2N4/c1-5-12-14-9(15-13-5)6-2-3-7(10)8(11)4-6/h2-4H,1H3. The first-order valence-corrected chi connectivity index (χ1v) is 4.92. The van der Waals surface area contributed by atoms with Crippen LogP contribution < -0.4 is 0 Å². The maximum absolute atomic E-state index is 5.87. The van der Waals surface area contributed by atoms with E-state index in [9.17, 15) is 0 Å². The molecule has 1 aromatic heterocycles. The molecule has 2 rings (SSSR count). The Morgan fingerprint density at radius 1 is 0.933 bits per heavy atom. The van der Waals surface area contributed by atoms with Crippen molar-refractivity contribution in [1.82, 2.24) is 20.4 Å². The van der Waals surface area contributed by atoms with E-state index in [0.717, 1.165) is 5.56 Å². The lowest BCUT2D eigenvalue weighted by molar-refractivity contribution is 0.816. The van der Waals surface area contributed by atoms with Crippen LogP contribution in [0.4, 0.5) is 0 Å². The first-order chi connectivity index (χ1) is 7.16. The zero-order valence-corrected chi connectivity index (χ0v) is 9.29. The fraction of sp³-hybridized carbons (Fsp3) is 0.111. The highest BCUT2D eigenvalue weighted by atomic mass is 35.5. The van der Waals surface area contributed by atoms with Crippen molar-refractivity contribution in [2.24, 2.45) is 0 Å². The molecule has 1 aromatic carbocycles. The SMILES string of the molecule is Cc1nnc(-c2ccc(Cl)c(Cl)c2)nn1. The van der Waals surface area contributed by atoms with Gasteiger partial charge < -0.3 is 0 Å². The number of halogens is 2. The summed E-state index contributed by atoms with van der Waals surface area (Å²) in [6.45, 7) is 1.72. The molecule has 0 aliphatic rings. The molecule has 76 valence electrons. The van der Waals surface area contributed by atoms with E-state index in [1.165, 1.54) is 0 Å². The van der Waals surface area contributed by atoms with Crippen molar-refractivity contribution in [3.8, 4) is 11.4 Å². The van der Waals surface area contributed by atoms with Crippen LogP contribution in [-0.4, -0.2) is 20.4 Å². The van der Waals surface area contributed by atoms with E-state index >= 15 is 0 Å². The summed E-state index contributed by atoms with van der Waals surface area (Å²) in [5.74, 6) is 0.956. The highest BCUT2D eigenvalue weighted by Crippen LogP contribution is 2.26. The number of hydrogen-bond acceptors (Lipinski definition) is 4. The Kier molecular flexibility index (Phi) is 2.79. The van der Waals surface area contributed by atoms with E-state index in [-0.39, 0.29) is 0 Å². The van der Waals surface area contributed by atoms with Crippen LogP contribution in [0.2, 0.25) is 10.0 Å². The number of aryl methyl sites for hydroxylation is 1. The molecule has 1 heterocycles. The van der Waals surface area contributed by atoms with Gasteiger partial charge in [-0.05, 0) is 25.1 Å². The predicted molar refractivity (Wildman–Crippen MR) is 57.8 cm³/mol. The van der Waals surface area contributed by atoms with Crippen LogP contribution in [0.1, 0.15) is 5.82 Å². The molecule has 0 saturated carbocycles. The average Bonchev–Trinajstić information content (AvgIpc) is 2.23. The van der Waals surface area contributed by atoms with Gasteiger partial charge in [-0.3, -0.25) is 0 Å². The molecule has 6 heteroatoms. The summed E-state index contributed by atoms with van der Waals surface area (Å²) in [6.07, 6.45) is 0. The Labute approximate surface area is 96.3 Å². The van der Waals surface area contributed by atoms with E-state index in [1.807, 2.05) is 0 Å². The minimum atomic E-state index is 0.430. The van der Waals surface area contributed by atoms with Crippen molar-refractivity contribution < 1.29 is 0 Å². The summed E-state index contributed by atoms with van der Waals surface area (Å²) in [5.41, 5.74) is 0.740. The first-order valence-electron chi connectivity index (χ1n) is 4.16. The summed E-state index contributed by atoms with van der Waals surface area (Å²) in [7, 11) is 0. The van der Waals surface area contributed by atoms with Crippen molar-refractivity contribution in [2.45, 2.75) is 6.92 Å². The van der Waals surface area contributed by atoms with E-state index in [4.69, 9.17) is 23.2 Å². The molecule has 0 saturated heterocycles. The van der Waals surface area contributed by atoms with Crippen LogP contribution in [0, 0.1) is 6.92 Å². The number of benzene rings is 1. The van der Waals surface area contributed by atoms with Crippen LogP contribution >= 0.6 is 23.2 Å². The number of hydrogen-bond donors (Lipinski definition) is 0. The Morgan fingerprint density at radius 3 is 2.20 bits per heavy atom. The van der Waals surface area contributed by atoms with Gasteiger partial charge in [-0.15, -0.1) is 20.4 Å². The average molecular weight is 241 g/mol. The third kappa shape index (κ3) is 2.22. The van der Waals surface area contributed by atoms with Gasteiger partial charge in [0.15, 0.2) is 5.82 Å².